The molecule has 0 aliphatic heterocycles. The molecule has 0 bridgehead atoms. The average molecular weight is 294 g/mol. The second-order valence-corrected chi connectivity index (χ2v) is 5.26. The molecular formula is C14H18N2O3S. The number of rotatable bonds is 6. The van der Waals surface area contributed by atoms with Crippen molar-refractivity contribution in [2.24, 2.45) is 5.73 Å². The molecule has 6 heteroatoms. The van der Waals surface area contributed by atoms with E-state index in [-0.39, 0.29) is 6.04 Å². The van der Waals surface area contributed by atoms with Crippen LogP contribution in [0.1, 0.15) is 17.3 Å². The van der Waals surface area contributed by atoms with Gasteiger partial charge in [0, 0.05) is 11.8 Å². The normalized spacial score (nSPS) is 12.2. The number of nitrogens with two attached hydrogens (primary N) is 1. The maximum absolute atomic E-state index is 6.18. The van der Waals surface area contributed by atoms with E-state index in [1.807, 2.05) is 25.1 Å². The Balaban J connectivity index is 2.03. The molecule has 2 N–H and O–H groups in total. The van der Waals surface area contributed by atoms with E-state index in [9.17, 15) is 0 Å². The van der Waals surface area contributed by atoms with Gasteiger partial charge in [-0.15, -0.1) is 0 Å². The highest BCUT2D eigenvalue weighted by atomic mass is 32.2. The highest BCUT2D eigenvalue weighted by Gasteiger charge is 2.12. The summed E-state index contributed by atoms with van der Waals surface area (Å²) in [6.45, 7) is 1.89. The van der Waals surface area contributed by atoms with Crippen LogP contribution in [0.2, 0.25) is 0 Å². The minimum Gasteiger partial charge on any atom is -0.493 e. The fourth-order valence-electron chi connectivity index (χ4n) is 1.74. The van der Waals surface area contributed by atoms with Gasteiger partial charge in [-0.05, 0) is 24.6 Å². The summed E-state index contributed by atoms with van der Waals surface area (Å²) < 4.78 is 15.8. The standard InChI is InChI=1S/C14H18N2O3S/c1-9-7-19-14(16-9)20-8-11(15)10-4-5-12(17-2)13(6-10)18-3/h4-7,11H,8,15H2,1-3H3. The molecule has 0 radical (unpaired) electrons. The zero-order chi connectivity index (χ0) is 14.5. The number of aryl methyl sites for hydroxylation is 1. The number of nitrogens with zero attached hydrogens (tertiary/aromatic N) is 1. The van der Waals surface area contributed by atoms with Gasteiger partial charge in [-0.3, -0.25) is 0 Å². The predicted octanol–water partition coefficient (Wildman–Crippen LogP) is 2.79. The summed E-state index contributed by atoms with van der Waals surface area (Å²) in [5, 5.41) is 0.637. The lowest BCUT2D eigenvalue weighted by Gasteiger charge is -2.14. The van der Waals surface area contributed by atoms with E-state index < -0.39 is 0 Å². The van der Waals surface area contributed by atoms with Crippen LogP contribution >= 0.6 is 11.8 Å². The van der Waals surface area contributed by atoms with E-state index >= 15 is 0 Å². The smallest absolute Gasteiger partial charge is 0.255 e. The maximum atomic E-state index is 6.18. The first-order valence-corrected chi connectivity index (χ1v) is 7.15. The first kappa shape index (κ1) is 14.7. The zero-order valence-corrected chi connectivity index (χ0v) is 12.6. The van der Waals surface area contributed by atoms with Crippen molar-refractivity contribution >= 4 is 11.8 Å². The summed E-state index contributed by atoms with van der Waals surface area (Å²) in [6.07, 6.45) is 1.63. The molecule has 2 rings (SSSR count). The van der Waals surface area contributed by atoms with Gasteiger partial charge in [0.15, 0.2) is 11.5 Å². The maximum Gasteiger partial charge on any atom is 0.255 e. The second kappa shape index (κ2) is 6.67. The molecule has 0 aliphatic carbocycles. The van der Waals surface area contributed by atoms with Crippen LogP contribution in [0, 0.1) is 6.92 Å². The van der Waals surface area contributed by atoms with Gasteiger partial charge < -0.3 is 19.6 Å². The lowest BCUT2D eigenvalue weighted by atomic mass is 10.1. The van der Waals surface area contributed by atoms with Crippen molar-refractivity contribution < 1.29 is 13.9 Å². The highest BCUT2D eigenvalue weighted by molar-refractivity contribution is 7.99. The summed E-state index contributed by atoms with van der Waals surface area (Å²) in [5.41, 5.74) is 8.03. The molecular weight excluding hydrogens is 276 g/mol. The predicted molar refractivity (Wildman–Crippen MR) is 78.4 cm³/mol. The first-order chi connectivity index (χ1) is 9.63. The number of aromatic nitrogens is 1. The minimum absolute atomic E-state index is 0.132. The number of hydrogen-bond acceptors (Lipinski definition) is 6. The molecule has 0 aliphatic rings. The van der Waals surface area contributed by atoms with Crippen LogP contribution in [0.3, 0.4) is 0 Å². The van der Waals surface area contributed by atoms with Crippen LogP contribution < -0.4 is 15.2 Å². The topological polar surface area (TPSA) is 70.5 Å². The third-order valence-electron chi connectivity index (χ3n) is 2.82. The van der Waals surface area contributed by atoms with Crippen molar-refractivity contribution in [1.82, 2.24) is 4.98 Å². The second-order valence-electron chi connectivity index (χ2n) is 4.29. The van der Waals surface area contributed by atoms with Crippen molar-refractivity contribution in [1.29, 1.82) is 0 Å². The van der Waals surface area contributed by atoms with Crippen LogP contribution in [0.25, 0.3) is 0 Å². The quantitative estimate of drug-likeness (QED) is 0.826. The van der Waals surface area contributed by atoms with Crippen molar-refractivity contribution in [3.8, 4) is 11.5 Å². The molecule has 5 nitrogen and oxygen atoms in total. The molecule has 0 fully saturated rings. The Morgan fingerprint density at radius 1 is 1.30 bits per heavy atom. The average Bonchev–Trinajstić information content (AvgIpc) is 2.89. The molecule has 0 saturated carbocycles. The summed E-state index contributed by atoms with van der Waals surface area (Å²) in [7, 11) is 3.22. The van der Waals surface area contributed by atoms with Crippen molar-refractivity contribution in [2.75, 3.05) is 20.0 Å². The Kier molecular flexibility index (Phi) is 4.92. The molecule has 20 heavy (non-hydrogen) atoms. The third-order valence-corrected chi connectivity index (χ3v) is 3.78. The Hall–Kier alpha value is -1.66. The van der Waals surface area contributed by atoms with Crippen LogP contribution in [-0.2, 0) is 0 Å². The SMILES string of the molecule is COc1ccc(C(N)CSc2nc(C)co2)cc1OC. The summed E-state index contributed by atoms with van der Waals surface area (Å²) in [4.78, 5) is 4.23. The molecule has 0 saturated heterocycles. The van der Waals surface area contributed by atoms with Gasteiger partial charge in [-0.25, -0.2) is 4.98 Å². The fourth-order valence-corrected chi connectivity index (χ4v) is 2.58. The van der Waals surface area contributed by atoms with Gasteiger partial charge in [0.25, 0.3) is 5.22 Å². The van der Waals surface area contributed by atoms with E-state index in [0.717, 1.165) is 11.3 Å². The van der Waals surface area contributed by atoms with Gasteiger partial charge in [0.1, 0.15) is 6.26 Å². The van der Waals surface area contributed by atoms with E-state index in [4.69, 9.17) is 19.6 Å². The van der Waals surface area contributed by atoms with E-state index in [1.54, 1.807) is 20.5 Å². The summed E-state index contributed by atoms with van der Waals surface area (Å²) in [6, 6.07) is 5.55. The molecule has 1 heterocycles. The van der Waals surface area contributed by atoms with Gasteiger partial charge >= 0.3 is 0 Å². The molecule has 0 spiro atoms. The molecule has 1 unspecified atom stereocenters. The molecule has 1 aromatic heterocycles. The zero-order valence-electron chi connectivity index (χ0n) is 11.8. The van der Waals surface area contributed by atoms with E-state index in [2.05, 4.69) is 4.98 Å². The van der Waals surface area contributed by atoms with Crippen molar-refractivity contribution in [3.63, 3.8) is 0 Å². The summed E-state index contributed by atoms with van der Waals surface area (Å²) >= 11 is 1.49. The Labute approximate surface area is 122 Å². The van der Waals surface area contributed by atoms with Gasteiger partial charge in [-0.2, -0.15) is 0 Å². The van der Waals surface area contributed by atoms with Crippen LogP contribution in [-0.4, -0.2) is 25.0 Å². The molecule has 1 atom stereocenters. The molecule has 0 amide bonds. The molecule has 1 aromatic carbocycles. The van der Waals surface area contributed by atoms with Crippen LogP contribution in [0.5, 0.6) is 11.5 Å². The largest absolute Gasteiger partial charge is 0.493 e. The van der Waals surface area contributed by atoms with Crippen LogP contribution in [0.4, 0.5) is 0 Å². The number of ether oxygens (including phenoxy) is 2. The fraction of sp³-hybridized carbons (Fsp3) is 0.357. The number of thioether (sulfide) groups is 1. The van der Waals surface area contributed by atoms with Crippen molar-refractivity contribution in [3.05, 3.63) is 35.7 Å². The summed E-state index contributed by atoms with van der Waals surface area (Å²) in [5.74, 6) is 2.05. The minimum atomic E-state index is -0.132. The van der Waals surface area contributed by atoms with E-state index in [1.165, 1.54) is 11.8 Å². The lowest BCUT2D eigenvalue weighted by molar-refractivity contribution is 0.354. The number of methoxy groups -OCH3 is 2. The van der Waals surface area contributed by atoms with Gasteiger partial charge in [0.05, 0.1) is 19.9 Å². The first-order valence-electron chi connectivity index (χ1n) is 6.16. The Morgan fingerprint density at radius 3 is 2.65 bits per heavy atom. The Morgan fingerprint density at radius 2 is 2.05 bits per heavy atom. The molecule has 2 aromatic rings. The highest BCUT2D eigenvalue weighted by Crippen LogP contribution is 2.31. The molecule has 108 valence electrons. The Bertz CT molecular complexity index is 571. The number of benzene rings is 1. The van der Waals surface area contributed by atoms with Crippen molar-refractivity contribution in [2.45, 2.75) is 18.2 Å². The number of hydrogen-bond donors (Lipinski definition) is 1. The third kappa shape index (κ3) is 3.46. The lowest BCUT2D eigenvalue weighted by Crippen LogP contribution is -2.13. The van der Waals surface area contributed by atoms with Gasteiger partial charge in [-0.1, -0.05) is 17.8 Å². The monoisotopic (exact) mass is 294 g/mol. The number of oxazole rings is 1. The van der Waals surface area contributed by atoms with Crippen LogP contribution in [0.15, 0.2) is 34.1 Å². The van der Waals surface area contributed by atoms with Gasteiger partial charge in [0.2, 0.25) is 0 Å². The van der Waals surface area contributed by atoms with E-state index in [0.29, 0.717) is 22.5 Å².